The first-order valence-electron chi connectivity index (χ1n) is 8.21. The van der Waals surface area contributed by atoms with Crippen LogP contribution in [0.25, 0.3) is 10.9 Å². The van der Waals surface area contributed by atoms with E-state index in [4.69, 9.17) is 4.74 Å². The number of para-hydroxylation sites is 1. The maximum absolute atomic E-state index is 5.98. The molecular weight excluding hydrogens is 284 g/mol. The van der Waals surface area contributed by atoms with Crippen LogP contribution in [0, 0.1) is 0 Å². The van der Waals surface area contributed by atoms with Gasteiger partial charge in [-0.25, -0.2) is 0 Å². The normalized spacial score (nSPS) is 20.7. The highest BCUT2D eigenvalue weighted by molar-refractivity contribution is 5.85. The molecule has 0 atom stereocenters. The summed E-state index contributed by atoms with van der Waals surface area (Å²) in [6.45, 7) is 0. The van der Waals surface area contributed by atoms with E-state index in [0.29, 0.717) is 12.0 Å². The largest absolute Gasteiger partial charge is 0.457 e. The van der Waals surface area contributed by atoms with Crippen LogP contribution in [0.5, 0.6) is 11.5 Å². The highest BCUT2D eigenvalue weighted by atomic mass is 16.5. The van der Waals surface area contributed by atoms with Crippen molar-refractivity contribution in [2.45, 2.75) is 24.8 Å². The lowest BCUT2D eigenvalue weighted by atomic mass is 9.75. The predicted octanol–water partition coefficient (Wildman–Crippen LogP) is 4.77. The van der Waals surface area contributed by atoms with Crippen molar-refractivity contribution in [2.24, 2.45) is 0 Å². The van der Waals surface area contributed by atoms with E-state index in [1.54, 1.807) is 0 Å². The zero-order chi connectivity index (χ0) is 15.8. The fourth-order valence-corrected chi connectivity index (χ4v) is 3.41. The topological polar surface area (TPSA) is 28.3 Å². The zero-order valence-corrected chi connectivity index (χ0v) is 13.6. The molecule has 0 unspecified atom stereocenters. The van der Waals surface area contributed by atoms with E-state index < -0.39 is 0 Å². The lowest BCUT2D eigenvalue weighted by molar-refractivity contribution is 0.167. The molecule has 2 aromatic carbocycles. The first-order valence-corrected chi connectivity index (χ1v) is 8.21. The Balaban J connectivity index is 1.60. The molecule has 0 amide bonds. The highest BCUT2D eigenvalue weighted by Gasteiger charge is 2.33. The van der Waals surface area contributed by atoms with Gasteiger partial charge in [0.15, 0.2) is 0 Å². The minimum Gasteiger partial charge on any atom is -0.457 e. The number of hydrogen-bond donors (Lipinski definition) is 1. The molecule has 1 aromatic heterocycles. The quantitative estimate of drug-likeness (QED) is 0.752. The summed E-state index contributed by atoms with van der Waals surface area (Å²) >= 11 is 0. The summed E-state index contributed by atoms with van der Waals surface area (Å²) in [5, 5.41) is 1.29. The zero-order valence-electron chi connectivity index (χ0n) is 13.6. The molecule has 23 heavy (non-hydrogen) atoms. The number of aromatic nitrogens is 1. The van der Waals surface area contributed by atoms with Gasteiger partial charge in [-0.2, -0.15) is 0 Å². The van der Waals surface area contributed by atoms with Crippen molar-refractivity contribution in [3.8, 4) is 11.5 Å². The number of hydrogen-bond acceptors (Lipinski definition) is 2. The lowest BCUT2D eigenvalue weighted by Gasteiger charge is -2.39. The van der Waals surface area contributed by atoms with Gasteiger partial charge in [0.1, 0.15) is 11.5 Å². The van der Waals surface area contributed by atoms with Gasteiger partial charge in [-0.15, -0.1) is 0 Å². The second-order valence-corrected chi connectivity index (χ2v) is 6.65. The van der Waals surface area contributed by atoms with Crippen molar-refractivity contribution in [1.82, 2.24) is 9.88 Å². The van der Waals surface area contributed by atoms with E-state index in [1.165, 1.54) is 29.3 Å². The van der Waals surface area contributed by atoms with Crippen LogP contribution in [0.2, 0.25) is 0 Å². The smallest absolute Gasteiger partial charge is 0.128 e. The van der Waals surface area contributed by atoms with Crippen LogP contribution in [0.3, 0.4) is 0 Å². The minimum atomic E-state index is 0.656. The highest BCUT2D eigenvalue weighted by Crippen LogP contribution is 2.42. The second-order valence-electron chi connectivity index (χ2n) is 6.65. The Labute approximate surface area is 136 Å². The van der Waals surface area contributed by atoms with E-state index in [0.717, 1.165) is 11.5 Å². The lowest BCUT2D eigenvalue weighted by Crippen LogP contribution is -2.39. The third kappa shape index (κ3) is 2.73. The summed E-state index contributed by atoms with van der Waals surface area (Å²) in [6, 6.07) is 17.0. The summed E-state index contributed by atoms with van der Waals surface area (Å²) < 4.78 is 5.98. The van der Waals surface area contributed by atoms with E-state index in [2.05, 4.69) is 42.3 Å². The molecule has 1 aliphatic carbocycles. The van der Waals surface area contributed by atoms with Crippen molar-refractivity contribution in [1.29, 1.82) is 0 Å². The molecule has 3 heteroatoms. The third-order valence-corrected chi connectivity index (χ3v) is 4.95. The Morgan fingerprint density at radius 1 is 1.00 bits per heavy atom. The minimum absolute atomic E-state index is 0.656. The number of fused-ring (bicyclic) bond motifs is 1. The first kappa shape index (κ1) is 14.3. The molecule has 3 aromatic rings. The summed E-state index contributed by atoms with van der Waals surface area (Å²) in [5.41, 5.74) is 2.62. The molecule has 0 bridgehead atoms. The molecule has 1 heterocycles. The van der Waals surface area contributed by atoms with E-state index in [9.17, 15) is 0 Å². The van der Waals surface area contributed by atoms with Crippen LogP contribution in [-0.2, 0) is 0 Å². The number of H-pyrrole nitrogens is 1. The second kappa shape index (κ2) is 5.74. The fourth-order valence-electron chi connectivity index (χ4n) is 3.41. The van der Waals surface area contributed by atoms with Crippen LogP contribution in [0.1, 0.15) is 24.3 Å². The SMILES string of the molecule is CN(C)[C@H]1C[C@H](c2c[nH]c3ccc(Oc4ccccc4)cc32)C1. The molecule has 0 radical (unpaired) electrons. The van der Waals surface area contributed by atoms with Crippen LogP contribution < -0.4 is 4.74 Å². The fraction of sp³-hybridized carbons (Fsp3) is 0.300. The van der Waals surface area contributed by atoms with Gasteiger partial charge < -0.3 is 14.6 Å². The van der Waals surface area contributed by atoms with Crippen molar-refractivity contribution >= 4 is 10.9 Å². The Morgan fingerprint density at radius 2 is 1.78 bits per heavy atom. The molecule has 0 aliphatic heterocycles. The number of rotatable bonds is 4. The Hall–Kier alpha value is -2.26. The Morgan fingerprint density at radius 3 is 2.52 bits per heavy atom. The molecule has 1 saturated carbocycles. The van der Waals surface area contributed by atoms with Crippen LogP contribution in [0.4, 0.5) is 0 Å². The molecule has 1 fully saturated rings. The van der Waals surface area contributed by atoms with E-state index in [-0.39, 0.29) is 0 Å². The predicted molar refractivity (Wildman–Crippen MR) is 94.3 cm³/mol. The van der Waals surface area contributed by atoms with Crippen LogP contribution >= 0.6 is 0 Å². The molecule has 4 rings (SSSR count). The van der Waals surface area contributed by atoms with E-state index >= 15 is 0 Å². The number of benzene rings is 2. The molecular formula is C20H22N2O. The van der Waals surface area contributed by atoms with Crippen molar-refractivity contribution in [2.75, 3.05) is 14.1 Å². The standard InChI is InChI=1S/C20H22N2O/c1-22(2)15-10-14(11-15)19-13-21-20-9-8-17(12-18(19)20)23-16-6-4-3-5-7-16/h3-9,12-15,21H,10-11H2,1-2H3/t14-,15-. The molecule has 0 spiro atoms. The number of nitrogens with zero attached hydrogens (tertiary/aromatic N) is 1. The number of ether oxygens (including phenoxy) is 1. The van der Waals surface area contributed by atoms with E-state index in [1.807, 2.05) is 36.4 Å². The van der Waals surface area contributed by atoms with Crippen LogP contribution in [0.15, 0.2) is 54.7 Å². The molecule has 0 saturated heterocycles. The first-order chi connectivity index (χ1) is 11.2. The van der Waals surface area contributed by atoms with Crippen molar-refractivity contribution in [3.63, 3.8) is 0 Å². The number of aromatic amines is 1. The van der Waals surface area contributed by atoms with Gasteiger partial charge >= 0.3 is 0 Å². The molecule has 118 valence electrons. The third-order valence-electron chi connectivity index (χ3n) is 4.95. The van der Waals surface area contributed by atoms with Gasteiger partial charge in [0, 0.05) is 23.1 Å². The summed E-state index contributed by atoms with van der Waals surface area (Å²) in [5.74, 6) is 2.43. The Kier molecular flexibility index (Phi) is 3.58. The van der Waals surface area contributed by atoms with Gasteiger partial charge in [0.2, 0.25) is 0 Å². The summed E-state index contributed by atoms with van der Waals surface area (Å²) in [7, 11) is 4.34. The average molecular weight is 306 g/mol. The van der Waals surface area contributed by atoms with Gasteiger partial charge in [0.25, 0.3) is 0 Å². The molecule has 3 nitrogen and oxygen atoms in total. The number of nitrogens with one attached hydrogen (secondary N) is 1. The maximum atomic E-state index is 5.98. The van der Waals surface area contributed by atoms with Gasteiger partial charge in [-0.05, 0) is 68.8 Å². The Bertz CT molecular complexity index is 801. The van der Waals surface area contributed by atoms with Crippen LogP contribution in [-0.4, -0.2) is 30.0 Å². The van der Waals surface area contributed by atoms with Crippen molar-refractivity contribution in [3.05, 3.63) is 60.3 Å². The molecule has 1 aliphatic rings. The average Bonchev–Trinajstić information content (AvgIpc) is 2.90. The maximum Gasteiger partial charge on any atom is 0.128 e. The van der Waals surface area contributed by atoms with Crippen molar-refractivity contribution < 1.29 is 4.74 Å². The monoisotopic (exact) mass is 306 g/mol. The van der Waals surface area contributed by atoms with Gasteiger partial charge in [0.05, 0.1) is 0 Å². The molecule has 1 N–H and O–H groups in total. The van der Waals surface area contributed by atoms with Gasteiger partial charge in [-0.3, -0.25) is 0 Å². The van der Waals surface area contributed by atoms with Gasteiger partial charge in [-0.1, -0.05) is 18.2 Å². The summed E-state index contributed by atoms with van der Waals surface area (Å²) in [6.07, 6.45) is 4.65. The summed E-state index contributed by atoms with van der Waals surface area (Å²) in [4.78, 5) is 5.73.